The maximum atomic E-state index is 5.92. The van der Waals surface area contributed by atoms with Gasteiger partial charge in [0, 0.05) is 0 Å². The highest BCUT2D eigenvalue weighted by molar-refractivity contribution is 4.99. The Hall–Kier alpha value is -0.0400. The second-order valence-electron chi connectivity index (χ2n) is 6.00. The molecule has 4 unspecified atom stereocenters. The second kappa shape index (κ2) is 2.50. The van der Waals surface area contributed by atoms with E-state index >= 15 is 0 Å². The van der Waals surface area contributed by atoms with E-state index in [1.165, 1.54) is 25.7 Å². The molecule has 1 heteroatoms. The van der Waals surface area contributed by atoms with E-state index in [2.05, 4.69) is 13.8 Å². The Kier molecular flexibility index (Phi) is 1.59. The van der Waals surface area contributed by atoms with Gasteiger partial charge in [0.15, 0.2) is 0 Å². The molecule has 3 saturated carbocycles. The molecule has 1 nitrogen and oxygen atoms in total. The Labute approximate surface area is 80.8 Å². The molecule has 0 aromatic rings. The fraction of sp³-hybridized carbons (Fsp3) is 1.00. The van der Waals surface area contributed by atoms with E-state index < -0.39 is 0 Å². The quantitative estimate of drug-likeness (QED) is 0.557. The van der Waals surface area contributed by atoms with Crippen LogP contribution in [0, 0.1) is 23.2 Å². The van der Waals surface area contributed by atoms with Crippen molar-refractivity contribution in [3.63, 3.8) is 0 Å². The maximum absolute atomic E-state index is 5.92. The van der Waals surface area contributed by atoms with Crippen molar-refractivity contribution in [1.82, 2.24) is 0 Å². The average molecular weight is 180 g/mol. The average Bonchev–Trinajstić information content (AvgIpc) is 2.38. The summed E-state index contributed by atoms with van der Waals surface area (Å²) in [4.78, 5) is 0. The number of hydrogen-bond donors (Lipinski definition) is 0. The van der Waals surface area contributed by atoms with Crippen molar-refractivity contribution < 1.29 is 4.74 Å². The molecule has 1 heterocycles. The van der Waals surface area contributed by atoms with Crippen molar-refractivity contribution in [2.24, 2.45) is 23.2 Å². The lowest BCUT2D eigenvalue weighted by Gasteiger charge is -2.36. The molecule has 4 fully saturated rings. The summed E-state index contributed by atoms with van der Waals surface area (Å²) in [5.41, 5.74) is 0.550. The smallest absolute Gasteiger partial charge is 0.0612 e. The van der Waals surface area contributed by atoms with Gasteiger partial charge in [-0.3, -0.25) is 0 Å². The minimum atomic E-state index is 0.550. The first-order valence-electron chi connectivity index (χ1n) is 5.78. The lowest BCUT2D eigenvalue weighted by molar-refractivity contribution is 0.0345. The molecular weight excluding hydrogens is 160 g/mol. The van der Waals surface area contributed by atoms with Gasteiger partial charge in [-0.05, 0) is 48.9 Å². The van der Waals surface area contributed by atoms with Gasteiger partial charge in [-0.15, -0.1) is 0 Å². The SMILES string of the molecule is CC1(C)CC2OCC3CC1CCC32. The Morgan fingerprint density at radius 1 is 1.23 bits per heavy atom. The molecule has 4 rings (SSSR count). The van der Waals surface area contributed by atoms with Crippen LogP contribution in [-0.2, 0) is 4.74 Å². The molecule has 4 aliphatic rings. The normalized spacial score (nSPS) is 52.2. The van der Waals surface area contributed by atoms with Gasteiger partial charge in [-0.25, -0.2) is 0 Å². The van der Waals surface area contributed by atoms with Gasteiger partial charge < -0.3 is 4.74 Å². The van der Waals surface area contributed by atoms with Crippen LogP contribution >= 0.6 is 0 Å². The zero-order valence-electron chi connectivity index (χ0n) is 8.75. The second-order valence-corrected chi connectivity index (χ2v) is 6.00. The van der Waals surface area contributed by atoms with Crippen molar-refractivity contribution in [2.75, 3.05) is 6.61 Å². The van der Waals surface area contributed by atoms with E-state index in [1.807, 2.05) is 0 Å². The molecule has 1 aliphatic heterocycles. The first kappa shape index (κ1) is 8.28. The van der Waals surface area contributed by atoms with Crippen LogP contribution in [0.15, 0.2) is 0 Å². The fourth-order valence-corrected chi connectivity index (χ4v) is 3.94. The van der Waals surface area contributed by atoms with E-state index in [4.69, 9.17) is 4.74 Å². The highest BCUT2D eigenvalue weighted by atomic mass is 16.5. The van der Waals surface area contributed by atoms with Gasteiger partial charge in [-0.1, -0.05) is 13.8 Å². The fourth-order valence-electron chi connectivity index (χ4n) is 3.94. The summed E-state index contributed by atoms with van der Waals surface area (Å²) in [7, 11) is 0. The van der Waals surface area contributed by atoms with Gasteiger partial charge in [0.1, 0.15) is 0 Å². The van der Waals surface area contributed by atoms with Crippen molar-refractivity contribution in [2.45, 2.75) is 45.6 Å². The number of ether oxygens (including phenoxy) is 1. The number of fused-ring (bicyclic) bond motifs is 2. The van der Waals surface area contributed by atoms with Crippen molar-refractivity contribution >= 4 is 0 Å². The third kappa shape index (κ3) is 1.09. The summed E-state index contributed by atoms with van der Waals surface area (Å²) in [6.07, 6.45) is 6.30. The minimum absolute atomic E-state index is 0.550. The zero-order valence-corrected chi connectivity index (χ0v) is 8.75. The van der Waals surface area contributed by atoms with Crippen LogP contribution in [-0.4, -0.2) is 12.7 Å². The predicted octanol–water partition coefficient (Wildman–Crippen LogP) is 2.85. The monoisotopic (exact) mass is 180 g/mol. The van der Waals surface area contributed by atoms with Crippen LogP contribution < -0.4 is 0 Å². The van der Waals surface area contributed by atoms with E-state index in [0.29, 0.717) is 11.5 Å². The standard InChI is InChI=1S/C12H20O/c1-12(2)6-11-10-4-3-9(12)5-8(10)7-13-11/h8-11H,3-7H2,1-2H3. The highest BCUT2D eigenvalue weighted by Gasteiger charge is 2.50. The first-order chi connectivity index (χ1) is 6.17. The van der Waals surface area contributed by atoms with E-state index in [9.17, 15) is 0 Å². The molecule has 13 heavy (non-hydrogen) atoms. The highest BCUT2D eigenvalue weighted by Crippen LogP contribution is 2.54. The van der Waals surface area contributed by atoms with Crippen molar-refractivity contribution in [1.29, 1.82) is 0 Å². The first-order valence-corrected chi connectivity index (χ1v) is 5.78. The summed E-state index contributed by atoms with van der Waals surface area (Å²) in [5, 5.41) is 0. The lowest BCUT2D eigenvalue weighted by atomic mass is 9.69. The molecule has 0 amide bonds. The molecule has 4 bridgehead atoms. The Morgan fingerprint density at radius 2 is 2.08 bits per heavy atom. The van der Waals surface area contributed by atoms with E-state index in [0.717, 1.165) is 24.4 Å². The molecule has 0 N–H and O–H groups in total. The van der Waals surface area contributed by atoms with E-state index in [1.54, 1.807) is 0 Å². The molecule has 0 aromatic heterocycles. The topological polar surface area (TPSA) is 9.23 Å². The molecule has 4 atom stereocenters. The number of hydrogen-bond acceptors (Lipinski definition) is 1. The molecule has 1 saturated heterocycles. The molecule has 0 spiro atoms. The summed E-state index contributed by atoms with van der Waals surface area (Å²) in [6.45, 7) is 5.97. The Morgan fingerprint density at radius 3 is 2.92 bits per heavy atom. The molecule has 0 aromatic carbocycles. The van der Waals surface area contributed by atoms with E-state index in [-0.39, 0.29) is 0 Å². The third-order valence-electron chi connectivity index (χ3n) is 4.88. The van der Waals surface area contributed by atoms with Crippen LogP contribution in [0.4, 0.5) is 0 Å². The summed E-state index contributed by atoms with van der Waals surface area (Å²) >= 11 is 0. The molecule has 0 radical (unpaired) electrons. The van der Waals surface area contributed by atoms with Gasteiger partial charge in [0.25, 0.3) is 0 Å². The summed E-state index contributed by atoms with van der Waals surface area (Å²) < 4.78 is 5.92. The third-order valence-corrected chi connectivity index (χ3v) is 4.88. The van der Waals surface area contributed by atoms with Crippen molar-refractivity contribution in [3.05, 3.63) is 0 Å². The molecular formula is C12H20O. The van der Waals surface area contributed by atoms with Crippen LogP contribution in [0.3, 0.4) is 0 Å². The van der Waals surface area contributed by atoms with Gasteiger partial charge in [-0.2, -0.15) is 0 Å². The largest absolute Gasteiger partial charge is 0.378 e. The van der Waals surface area contributed by atoms with Crippen LogP contribution in [0.5, 0.6) is 0 Å². The van der Waals surface area contributed by atoms with Crippen molar-refractivity contribution in [3.8, 4) is 0 Å². The predicted molar refractivity (Wildman–Crippen MR) is 52.5 cm³/mol. The van der Waals surface area contributed by atoms with Gasteiger partial charge in [0.05, 0.1) is 12.7 Å². The number of rotatable bonds is 0. The van der Waals surface area contributed by atoms with Gasteiger partial charge in [0.2, 0.25) is 0 Å². The summed E-state index contributed by atoms with van der Waals surface area (Å²) in [5.74, 6) is 2.84. The summed E-state index contributed by atoms with van der Waals surface area (Å²) in [6, 6.07) is 0. The minimum Gasteiger partial charge on any atom is -0.378 e. The zero-order chi connectivity index (χ0) is 9.05. The van der Waals surface area contributed by atoms with Crippen LogP contribution in [0.2, 0.25) is 0 Å². The van der Waals surface area contributed by atoms with Crippen LogP contribution in [0.25, 0.3) is 0 Å². The Bertz CT molecular complexity index is 221. The Balaban J connectivity index is 1.96. The molecule has 74 valence electrons. The lowest BCUT2D eigenvalue weighted by Crippen LogP contribution is -2.29. The molecule has 3 aliphatic carbocycles. The van der Waals surface area contributed by atoms with Crippen LogP contribution in [0.1, 0.15) is 39.5 Å². The van der Waals surface area contributed by atoms with Gasteiger partial charge >= 0.3 is 0 Å². The maximum Gasteiger partial charge on any atom is 0.0612 e.